The second-order valence-corrected chi connectivity index (χ2v) is 4.68. The van der Waals surface area contributed by atoms with Gasteiger partial charge in [0, 0.05) is 24.7 Å². The fraction of sp³-hybridized carbons (Fsp3) is 0.429. The molecule has 1 aliphatic carbocycles. The Balaban J connectivity index is 2.36. The number of nitrogens with zero attached hydrogens (tertiary/aromatic N) is 1. The highest BCUT2D eigenvalue weighted by molar-refractivity contribution is 5.33. The largest absolute Gasteiger partial charge is 0.373 e. The Labute approximate surface area is 92.5 Å². The van der Waals surface area contributed by atoms with E-state index in [1.807, 2.05) is 0 Å². The molecule has 0 spiro atoms. The van der Waals surface area contributed by atoms with Gasteiger partial charge in [-0.3, -0.25) is 0 Å². The zero-order valence-corrected chi connectivity index (χ0v) is 9.77. The smallest absolute Gasteiger partial charge is 0.0356 e. The molecule has 0 N–H and O–H groups in total. The van der Waals surface area contributed by atoms with Gasteiger partial charge in [-0.05, 0) is 18.9 Å². The number of allylic oxidation sites excluding steroid dienone is 6. The second-order valence-electron chi connectivity index (χ2n) is 4.68. The molecule has 1 heterocycles. The van der Waals surface area contributed by atoms with Gasteiger partial charge < -0.3 is 4.90 Å². The number of likely N-dealkylation sites (N-methyl/N-ethyl adjacent to an activating group) is 1. The molecular formula is C14H19N. The summed E-state index contributed by atoms with van der Waals surface area (Å²) in [6, 6.07) is 0. The Morgan fingerprint density at radius 1 is 1.33 bits per heavy atom. The summed E-state index contributed by atoms with van der Waals surface area (Å²) in [7, 11) is 2.17. The molecule has 0 aromatic heterocycles. The molecule has 1 nitrogen and oxygen atoms in total. The first kappa shape index (κ1) is 10.3. The summed E-state index contributed by atoms with van der Waals surface area (Å²) >= 11 is 0. The lowest BCUT2D eigenvalue weighted by Crippen LogP contribution is -2.35. The van der Waals surface area contributed by atoms with E-state index in [0.717, 1.165) is 6.54 Å². The molecule has 0 radical (unpaired) electrons. The molecule has 2 atom stereocenters. The van der Waals surface area contributed by atoms with Gasteiger partial charge in [-0.25, -0.2) is 0 Å². The maximum atomic E-state index is 2.33. The molecule has 2 aliphatic rings. The highest BCUT2D eigenvalue weighted by Crippen LogP contribution is 2.41. The number of hydrogen-bond donors (Lipinski definition) is 0. The monoisotopic (exact) mass is 201 g/mol. The van der Waals surface area contributed by atoms with Crippen LogP contribution in [-0.2, 0) is 0 Å². The van der Waals surface area contributed by atoms with Crippen molar-refractivity contribution < 1.29 is 0 Å². The van der Waals surface area contributed by atoms with Crippen molar-refractivity contribution in [3.63, 3.8) is 0 Å². The first-order valence-electron chi connectivity index (χ1n) is 5.59. The molecule has 2 rings (SSSR count). The van der Waals surface area contributed by atoms with Crippen molar-refractivity contribution >= 4 is 0 Å². The van der Waals surface area contributed by atoms with Gasteiger partial charge in [-0.2, -0.15) is 0 Å². The van der Waals surface area contributed by atoms with E-state index in [0.29, 0.717) is 5.92 Å². The Bertz CT molecular complexity index is 360. The lowest BCUT2D eigenvalue weighted by Gasteiger charge is -2.41. The second kappa shape index (κ2) is 3.73. The summed E-state index contributed by atoms with van der Waals surface area (Å²) in [6.45, 7) is 5.62. The quantitative estimate of drug-likeness (QED) is 0.630. The van der Waals surface area contributed by atoms with Crippen LogP contribution >= 0.6 is 0 Å². The van der Waals surface area contributed by atoms with Gasteiger partial charge >= 0.3 is 0 Å². The predicted molar refractivity (Wildman–Crippen MR) is 65.4 cm³/mol. The molecule has 1 aliphatic heterocycles. The van der Waals surface area contributed by atoms with E-state index in [1.165, 1.54) is 5.70 Å². The third-order valence-electron chi connectivity index (χ3n) is 3.63. The zero-order valence-electron chi connectivity index (χ0n) is 9.77. The van der Waals surface area contributed by atoms with Crippen LogP contribution in [0.1, 0.15) is 13.8 Å². The summed E-state index contributed by atoms with van der Waals surface area (Å²) in [5, 5.41) is 0. The molecule has 0 saturated carbocycles. The van der Waals surface area contributed by atoms with Gasteiger partial charge in [-0.1, -0.05) is 43.4 Å². The van der Waals surface area contributed by atoms with Crippen molar-refractivity contribution in [1.82, 2.24) is 4.90 Å². The van der Waals surface area contributed by atoms with E-state index in [4.69, 9.17) is 0 Å². The minimum absolute atomic E-state index is 0.147. The SMILES string of the molecule is CC1C=CC=CC1(C)C1=CC=CCN1C. The molecule has 0 saturated heterocycles. The molecule has 0 aromatic rings. The Morgan fingerprint density at radius 3 is 2.80 bits per heavy atom. The van der Waals surface area contributed by atoms with Crippen molar-refractivity contribution in [1.29, 1.82) is 0 Å². The van der Waals surface area contributed by atoms with Crippen LogP contribution in [0.15, 0.2) is 48.2 Å². The van der Waals surface area contributed by atoms with Crippen molar-refractivity contribution in [2.24, 2.45) is 11.3 Å². The summed E-state index contributed by atoms with van der Waals surface area (Å²) in [4.78, 5) is 2.33. The topological polar surface area (TPSA) is 3.24 Å². The molecule has 0 fully saturated rings. The predicted octanol–water partition coefficient (Wildman–Crippen LogP) is 3.14. The average molecular weight is 201 g/mol. The van der Waals surface area contributed by atoms with E-state index in [2.05, 4.69) is 68.3 Å². The lowest BCUT2D eigenvalue weighted by molar-refractivity contribution is 0.284. The standard InChI is InChI=1S/C14H19N/c1-12-8-4-6-10-14(12,2)13-9-5-7-11-15(13)3/h4-10,12H,11H2,1-3H3. The summed E-state index contributed by atoms with van der Waals surface area (Å²) in [5.74, 6) is 0.558. The summed E-state index contributed by atoms with van der Waals surface area (Å²) in [5.41, 5.74) is 1.56. The van der Waals surface area contributed by atoms with E-state index < -0.39 is 0 Å². The first-order chi connectivity index (χ1) is 7.14. The molecule has 2 unspecified atom stereocenters. The van der Waals surface area contributed by atoms with E-state index in [1.54, 1.807) is 0 Å². The number of rotatable bonds is 1. The summed E-state index contributed by atoms with van der Waals surface area (Å²) in [6.07, 6.45) is 15.5. The van der Waals surface area contributed by atoms with Crippen molar-refractivity contribution in [3.05, 3.63) is 48.2 Å². The Kier molecular flexibility index (Phi) is 2.56. The van der Waals surface area contributed by atoms with Gasteiger partial charge in [0.1, 0.15) is 0 Å². The van der Waals surface area contributed by atoms with E-state index in [-0.39, 0.29) is 5.41 Å². The van der Waals surface area contributed by atoms with E-state index in [9.17, 15) is 0 Å². The van der Waals surface area contributed by atoms with Crippen LogP contribution in [0.4, 0.5) is 0 Å². The molecule has 1 heteroatoms. The van der Waals surface area contributed by atoms with E-state index >= 15 is 0 Å². The highest BCUT2D eigenvalue weighted by atomic mass is 15.1. The molecule has 0 aromatic carbocycles. The molecule has 0 amide bonds. The van der Waals surface area contributed by atoms with Gasteiger partial charge in [0.15, 0.2) is 0 Å². The fourth-order valence-corrected chi connectivity index (χ4v) is 2.35. The maximum Gasteiger partial charge on any atom is 0.0356 e. The van der Waals surface area contributed by atoms with Gasteiger partial charge in [0.25, 0.3) is 0 Å². The van der Waals surface area contributed by atoms with Crippen LogP contribution in [0.3, 0.4) is 0 Å². The van der Waals surface area contributed by atoms with Crippen LogP contribution in [0, 0.1) is 11.3 Å². The maximum absolute atomic E-state index is 2.33. The summed E-state index contributed by atoms with van der Waals surface area (Å²) < 4.78 is 0. The lowest BCUT2D eigenvalue weighted by atomic mass is 9.72. The molecule has 0 bridgehead atoms. The Hall–Kier alpha value is -1.24. The average Bonchev–Trinajstić information content (AvgIpc) is 2.23. The molecule has 15 heavy (non-hydrogen) atoms. The van der Waals surface area contributed by atoms with Crippen molar-refractivity contribution in [2.75, 3.05) is 13.6 Å². The molecular weight excluding hydrogens is 182 g/mol. The first-order valence-corrected chi connectivity index (χ1v) is 5.59. The van der Waals surface area contributed by atoms with Gasteiger partial charge in [-0.15, -0.1) is 0 Å². The Morgan fingerprint density at radius 2 is 2.13 bits per heavy atom. The van der Waals surface area contributed by atoms with Crippen LogP contribution in [0.2, 0.25) is 0 Å². The zero-order chi connectivity index (χ0) is 10.9. The van der Waals surface area contributed by atoms with Crippen LogP contribution in [-0.4, -0.2) is 18.5 Å². The number of hydrogen-bond acceptors (Lipinski definition) is 1. The third kappa shape index (κ3) is 1.67. The van der Waals surface area contributed by atoms with Gasteiger partial charge in [0.2, 0.25) is 0 Å². The van der Waals surface area contributed by atoms with Crippen LogP contribution < -0.4 is 0 Å². The minimum Gasteiger partial charge on any atom is -0.373 e. The van der Waals surface area contributed by atoms with Gasteiger partial charge in [0.05, 0.1) is 0 Å². The minimum atomic E-state index is 0.147. The normalized spacial score (nSPS) is 34.5. The third-order valence-corrected chi connectivity index (χ3v) is 3.63. The highest BCUT2D eigenvalue weighted by Gasteiger charge is 2.34. The fourth-order valence-electron chi connectivity index (χ4n) is 2.35. The van der Waals surface area contributed by atoms with Crippen LogP contribution in [0.25, 0.3) is 0 Å². The molecule has 80 valence electrons. The van der Waals surface area contributed by atoms with Crippen LogP contribution in [0.5, 0.6) is 0 Å². The van der Waals surface area contributed by atoms with Crippen molar-refractivity contribution in [2.45, 2.75) is 13.8 Å². The van der Waals surface area contributed by atoms with Crippen molar-refractivity contribution in [3.8, 4) is 0 Å².